The zero-order chi connectivity index (χ0) is 20.6. The van der Waals surface area contributed by atoms with Crippen LogP contribution in [0.15, 0.2) is 59.5 Å². The highest BCUT2D eigenvalue weighted by Gasteiger charge is 2.29. The molecule has 3 rings (SSSR count). The Morgan fingerprint density at radius 1 is 1.10 bits per heavy atom. The molecule has 0 aliphatic carbocycles. The summed E-state index contributed by atoms with van der Waals surface area (Å²) < 4.78 is 0. The molecule has 0 radical (unpaired) electrons. The van der Waals surface area contributed by atoms with E-state index in [1.807, 2.05) is 35.2 Å². The van der Waals surface area contributed by atoms with E-state index < -0.39 is 6.04 Å². The topological polar surface area (TPSA) is 49.4 Å². The minimum absolute atomic E-state index is 0.0137. The maximum atomic E-state index is 13.1. The summed E-state index contributed by atoms with van der Waals surface area (Å²) in [6.07, 6.45) is 3.06. The van der Waals surface area contributed by atoms with Crippen LogP contribution < -0.4 is 5.32 Å². The van der Waals surface area contributed by atoms with Gasteiger partial charge in [-0.25, -0.2) is 0 Å². The van der Waals surface area contributed by atoms with Crippen molar-refractivity contribution in [3.63, 3.8) is 0 Å². The number of benzene rings is 2. The van der Waals surface area contributed by atoms with Gasteiger partial charge in [-0.3, -0.25) is 9.59 Å². The molecule has 1 saturated heterocycles. The molecule has 1 heterocycles. The fraction of sp³-hybridized carbons (Fsp3) is 0.391. The van der Waals surface area contributed by atoms with Crippen LogP contribution in [0.2, 0.25) is 5.02 Å². The zero-order valence-corrected chi connectivity index (χ0v) is 18.2. The zero-order valence-electron chi connectivity index (χ0n) is 16.6. The first-order chi connectivity index (χ1) is 14.0. The third-order valence-corrected chi connectivity index (χ3v) is 6.56. The lowest BCUT2D eigenvalue weighted by molar-refractivity contribution is -0.136. The minimum atomic E-state index is -0.515. The molecule has 2 aromatic carbocycles. The van der Waals surface area contributed by atoms with Crippen molar-refractivity contribution < 1.29 is 9.59 Å². The van der Waals surface area contributed by atoms with Crippen LogP contribution >= 0.6 is 23.4 Å². The molecule has 2 aromatic rings. The molecule has 1 aliphatic heterocycles. The number of rotatable bonds is 7. The van der Waals surface area contributed by atoms with E-state index in [0.717, 1.165) is 37.2 Å². The minimum Gasteiger partial charge on any atom is -0.344 e. The van der Waals surface area contributed by atoms with Crippen LogP contribution in [0.3, 0.4) is 0 Å². The van der Waals surface area contributed by atoms with E-state index in [2.05, 4.69) is 29.6 Å². The monoisotopic (exact) mass is 430 g/mol. The number of amides is 2. The van der Waals surface area contributed by atoms with Crippen molar-refractivity contribution in [2.45, 2.75) is 37.1 Å². The van der Waals surface area contributed by atoms with Crippen LogP contribution in [-0.2, 0) is 16.0 Å². The molecular formula is C23H27ClN2O2S. The number of thioether (sulfide) groups is 1. The Bertz CT molecular complexity index is 805. The summed E-state index contributed by atoms with van der Waals surface area (Å²) in [4.78, 5) is 27.6. The van der Waals surface area contributed by atoms with E-state index in [9.17, 15) is 9.59 Å². The number of piperidine rings is 1. The molecule has 4 nitrogen and oxygen atoms in total. The van der Waals surface area contributed by atoms with Crippen molar-refractivity contribution in [2.75, 3.05) is 18.8 Å². The van der Waals surface area contributed by atoms with Crippen LogP contribution in [0.25, 0.3) is 0 Å². The first kappa shape index (κ1) is 21.7. The molecule has 154 valence electrons. The van der Waals surface area contributed by atoms with Crippen LogP contribution in [-0.4, -0.2) is 41.6 Å². The molecule has 0 aromatic heterocycles. The Morgan fingerprint density at radius 3 is 2.38 bits per heavy atom. The number of hydrogen-bond donors (Lipinski definition) is 1. The highest BCUT2D eigenvalue weighted by Crippen LogP contribution is 2.24. The Balaban J connectivity index is 1.53. The average Bonchev–Trinajstić information content (AvgIpc) is 2.73. The molecular weight excluding hydrogens is 404 g/mol. The van der Waals surface area contributed by atoms with Crippen LogP contribution in [0, 0.1) is 5.92 Å². The summed E-state index contributed by atoms with van der Waals surface area (Å²) in [6, 6.07) is 17.5. The van der Waals surface area contributed by atoms with Gasteiger partial charge in [0.1, 0.15) is 6.04 Å². The van der Waals surface area contributed by atoms with Crippen molar-refractivity contribution in [1.29, 1.82) is 0 Å². The maximum Gasteiger partial charge on any atom is 0.246 e. The molecule has 1 N–H and O–H groups in total. The van der Waals surface area contributed by atoms with Gasteiger partial charge in [0, 0.05) is 35.7 Å². The lowest BCUT2D eigenvalue weighted by atomic mass is 9.90. The second kappa shape index (κ2) is 10.7. The maximum absolute atomic E-state index is 13.1. The molecule has 6 heteroatoms. The molecule has 0 saturated carbocycles. The highest BCUT2D eigenvalue weighted by molar-refractivity contribution is 7.99. The molecule has 2 amide bonds. The summed E-state index contributed by atoms with van der Waals surface area (Å²) in [6.45, 7) is 2.95. The van der Waals surface area contributed by atoms with Gasteiger partial charge in [0.25, 0.3) is 0 Å². The number of carbonyl (C=O) groups excluding carboxylic acids is 2. The average molecular weight is 431 g/mol. The number of halogens is 1. The lowest BCUT2D eigenvalue weighted by Crippen LogP contribution is -2.51. The fourth-order valence-electron chi connectivity index (χ4n) is 3.66. The van der Waals surface area contributed by atoms with Crippen molar-refractivity contribution in [1.82, 2.24) is 10.2 Å². The Morgan fingerprint density at radius 2 is 1.76 bits per heavy atom. The van der Waals surface area contributed by atoms with E-state index in [1.54, 1.807) is 11.8 Å². The van der Waals surface area contributed by atoms with Gasteiger partial charge in [-0.05, 0) is 55.0 Å². The molecule has 1 aliphatic rings. The third kappa shape index (κ3) is 6.79. The second-order valence-corrected chi connectivity index (χ2v) is 9.01. The van der Waals surface area contributed by atoms with Crippen LogP contribution in [0.5, 0.6) is 0 Å². The van der Waals surface area contributed by atoms with Gasteiger partial charge < -0.3 is 10.2 Å². The lowest BCUT2D eigenvalue weighted by Gasteiger charge is -2.34. The van der Waals surface area contributed by atoms with E-state index in [4.69, 9.17) is 11.6 Å². The quantitative estimate of drug-likeness (QED) is 0.661. The largest absolute Gasteiger partial charge is 0.344 e. The molecule has 1 unspecified atom stereocenters. The normalized spacial score (nSPS) is 15.7. The number of nitrogens with one attached hydrogen (secondary N) is 1. The standard InChI is InChI=1S/C23H27ClN2O2S/c1-17(27)25-22(16-29-21-9-7-20(24)8-10-21)23(28)26-13-11-19(12-14-26)15-18-5-3-2-4-6-18/h2-10,19,22H,11-16H2,1H3,(H,25,27). The molecule has 29 heavy (non-hydrogen) atoms. The van der Waals surface area contributed by atoms with E-state index in [-0.39, 0.29) is 11.8 Å². The van der Waals surface area contributed by atoms with Gasteiger partial charge in [0.15, 0.2) is 0 Å². The predicted octanol–water partition coefficient (Wildman–Crippen LogP) is 4.42. The summed E-state index contributed by atoms with van der Waals surface area (Å²) in [5.74, 6) is 0.937. The Hall–Kier alpha value is -1.98. The Labute approximate surface area is 182 Å². The number of nitrogens with zero attached hydrogens (tertiary/aromatic N) is 1. The molecule has 0 bridgehead atoms. The molecule has 0 spiro atoms. The number of hydrogen-bond acceptors (Lipinski definition) is 3. The van der Waals surface area contributed by atoms with Gasteiger partial charge in [-0.15, -0.1) is 11.8 Å². The SMILES string of the molecule is CC(=O)NC(CSc1ccc(Cl)cc1)C(=O)N1CCC(Cc2ccccc2)CC1. The highest BCUT2D eigenvalue weighted by atomic mass is 35.5. The summed E-state index contributed by atoms with van der Waals surface area (Å²) >= 11 is 7.48. The first-order valence-electron chi connectivity index (χ1n) is 9.99. The van der Waals surface area contributed by atoms with Gasteiger partial charge >= 0.3 is 0 Å². The van der Waals surface area contributed by atoms with Crippen molar-refractivity contribution in [3.05, 3.63) is 65.2 Å². The van der Waals surface area contributed by atoms with Crippen LogP contribution in [0.1, 0.15) is 25.3 Å². The van der Waals surface area contributed by atoms with Crippen molar-refractivity contribution in [3.8, 4) is 0 Å². The smallest absolute Gasteiger partial charge is 0.246 e. The third-order valence-electron chi connectivity index (χ3n) is 5.20. The predicted molar refractivity (Wildman–Crippen MR) is 119 cm³/mol. The molecule has 1 fully saturated rings. The van der Waals surface area contributed by atoms with Gasteiger partial charge in [-0.1, -0.05) is 41.9 Å². The number of likely N-dealkylation sites (tertiary alicyclic amines) is 1. The van der Waals surface area contributed by atoms with Gasteiger partial charge in [-0.2, -0.15) is 0 Å². The van der Waals surface area contributed by atoms with Crippen LogP contribution in [0.4, 0.5) is 0 Å². The van der Waals surface area contributed by atoms with Crippen molar-refractivity contribution in [2.24, 2.45) is 5.92 Å². The van der Waals surface area contributed by atoms with E-state index >= 15 is 0 Å². The molecule has 1 atom stereocenters. The second-order valence-electron chi connectivity index (χ2n) is 7.48. The van der Waals surface area contributed by atoms with Gasteiger partial charge in [0.2, 0.25) is 11.8 Å². The van der Waals surface area contributed by atoms with Crippen molar-refractivity contribution >= 4 is 35.2 Å². The number of carbonyl (C=O) groups is 2. The fourth-order valence-corrected chi connectivity index (χ4v) is 4.70. The summed E-state index contributed by atoms with van der Waals surface area (Å²) in [5, 5.41) is 3.52. The summed E-state index contributed by atoms with van der Waals surface area (Å²) in [7, 11) is 0. The Kier molecular flexibility index (Phi) is 8.01. The van der Waals surface area contributed by atoms with E-state index in [1.165, 1.54) is 12.5 Å². The van der Waals surface area contributed by atoms with Gasteiger partial charge in [0.05, 0.1) is 0 Å². The summed E-state index contributed by atoms with van der Waals surface area (Å²) in [5.41, 5.74) is 1.35. The van der Waals surface area contributed by atoms with E-state index in [0.29, 0.717) is 16.7 Å². The first-order valence-corrected chi connectivity index (χ1v) is 11.4.